The molecule has 0 aliphatic heterocycles. The fourth-order valence-electron chi connectivity index (χ4n) is 2.54. The summed E-state index contributed by atoms with van der Waals surface area (Å²) in [6, 6.07) is 13.8. The van der Waals surface area contributed by atoms with Crippen molar-refractivity contribution >= 4 is 17.5 Å². The van der Waals surface area contributed by atoms with Crippen LogP contribution in [0.2, 0.25) is 0 Å². The van der Waals surface area contributed by atoms with Crippen molar-refractivity contribution in [3.8, 4) is 5.75 Å². The van der Waals surface area contributed by atoms with Crippen molar-refractivity contribution < 1.29 is 14.7 Å². The molecule has 0 spiro atoms. The van der Waals surface area contributed by atoms with E-state index in [1.807, 2.05) is 44.2 Å². The molecule has 0 fully saturated rings. The molecule has 0 aliphatic rings. The second-order valence-corrected chi connectivity index (χ2v) is 5.72. The van der Waals surface area contributed by atoms with E-state index < -0.39 is 5.91 Å². The molecular weight excluding hydrogens is 292 g/mol. The maximum absolute atomic E-state index is 12.6. The highest BCUT2D eigenvalue weighted by atomic mass is 16.3. The Hall–Kier alpha value is -2.82. The topological polar surface area (TPSA) is 92.4 Å². The number of hydrogen-bond acceptors (Lipinski definition) is 3. The minimum absolute atomic E-state index is 0.0199. The Labute approximate surface area is 135 Å². The summed E-state index contributed by atoms with van der Waals surface area (Å²) in [5, 5.41) is 12.6. The van der Waals surface area contributed by atoms with Gasteiger partial charge < -0.3 is 16.2 Å². The molecule has 5 nitrogen and oxygen atoms in total. The Morgan fingerprint density at radius 3 is 2.26 bits per heavy atom. The first-order valence-corrected chi connectivity index (χ1v) is 7.38. The van der Waals surface area contributed by atoms with Crippen LogP contribution in [0, 0.1) is 5.92 Å². The standard InChI is InChI=1S/C18H20N2O3/c1-11(2)16(12-6-4-3-5-7-12)18(23)20-13-8-9-14(17(19)22)15(21)10-13/h3-11,16,21H,1-2H3,(H2,19,22)(H,20,23). The molecule has 0 heterocycles. The third-order valence-electron chi connectivity index (χ3n) is 3.64. The van der Waals surface area contributed by atoms with Crippen molar-refractivity contribution in [1.82, 2.24) is 0 Å². The van der Waals surface area contributed by atoms with Crippen LogP contribution in [0.25, 0.3) is 0 Å². The molecule has 5 heteroatoms. The predicted molar refractivity (Wildman–Crippen MR) is 89.3 cm³/mol. The zero-order chi connectivity index (χ0) is 17.0. The van der Waals surface area contributed by atoms with Crippen molar-refractivity contribution in [2.45, 2.75) is 19.8 Å². The minimum Gasteiger partial charge on any atom is -0.507 e. The lowest BCUT2D eigenvalue weighted by Gasteiger charge is -2.21. The number of rotatable bonds is 5. The lowest BCUT2D eigenvalue weighted by Crippen LogP contribution is -2.25. The van der Waals surface area contributed by atoms with Crippen LogP contribution in [0.4, 0.5) is 5.69 Å². The molecule has 0 saturated heterocycles. The molecule has 0 bridgehead atoms. The smallest absolute Gasteiger partial charge is 0.252 e. The normalized spacial score (nSPS) is 12.0. The van der Waals surface area contributed by atoms with E-state index >= 15 is 0 Å². The number of phenols is 1. The van der Waals surface area contributed by atoms with E-state index in [1.54, 1.807) is 6.07 Å². The highest BCUT2D eigenvalue weighted by molar-refractivity contribution is 5.99. The maximum Gasteiger partial charge on any atom is 0.252 e. The number of anilines is 1. The van der Waals surface area contributed by atoms with Crippen LogP contribution in [0.1, 0.15) is 35.7 Å². The fourth-order valence-corrected chi connectivity index (χ4v) is 2.54. The van der Waals surface area contributed by atoms with Gasteiger partial charge in [0, 0.05) is 11.8 Å². The lowest BCUT2D eigenvalue weighted by atomic mass is 9.87. The Morgan fingerprint density at radius 2 is 1.74 bits per heavy atom. The summed E-state index contributed by atoms with van der Waals surface area (Å²) in [6.45, 7) is 3.95. The second-order valence-electron chi connectivity index (χ2n) is 5.72. The van der Waals surface area contributed by atoms with Crippen molar-refractivity contribution in [2.24, 2.45) is 11.7 Å². The predicted octanol–water partition coefficient (Wildman–Crippen LogP) is 2.87. The van der Waals surface area contributed by atoms with Crippen LogP contribution in [-0.4, -0.2) is 16.9 Å². The highest BCUT2D eigenvalue weighted by Crippen LogP contribution is 2.27. The molecule has 0 aliphatic carbocycles. The molecule has 4 N–H and O–H groups in total. The van der Waals surface area contributed by atoms with Gasteiger partial charge in [0.05, 0.1) is 11.5 Å². The van der Waals surface area contributed by atoms with Crippen LogP contribution in [0.15, 0.2) is 48.5 Å². The zero-order valence-electron chi connectivity index (χ0n) is 13.1. The van der Waals surface area contributed by atoms with Gasteiger partial charge in [-0.1, -0.05) is 44.2 Å². The molecule has 2 rings (SSSR count). The molecule has 120 valence electrons. The fraction of sp³-hybridized carbons (Fsp3) is 0.222. The van der Waals surface area contributed by atoms with E-state index in [2.05, 4.69) is 5.32 Å². The number of carbonyl (C=O) groups excluding carboxylic acids is 2. The van der Waals surface area contributed by atoms with Crippen LogP contribution < -0.4 is 11.1 Å². The van der Waals surface area contributed by atoms with Crippen molar-refractivity contribution in [1.29, 1.82) is 0 Å². The Balaban J connectivity index is 2.23. The number of aromatic hydroxyl groups is 1. The van der Waals surface area contributed by atoms with Gasteiger partial charge in [-0.15, -0.1) is 0 Å². The molecule has 2 aromatic rings. The van der Waals surface area contributed by atoms with Gasteiger partial charge in [-0.3, -0.25) is 9.59 Å². The summed E-state index contributed by atoms with van der Waals surface area (Å²) in [7, 11) is 0. The average Bonchev–Trinajstić information content (AvgIpc) is 2.47. The SMILES string of the molecule is CC(C)C(C(=O)Nc1ccc(C(N)=O)c(O)c1)c1ccccc1. The van der Waals surface area contributed by atoms with Gasteiger partial charge in [-0.05, 0) is 23.6 Å². The Kier molecular flexibility index (Phi) is 5.01. The van der Waals surface area contributed by atoms with Crippen LogP contribution in [0.5, 0.6) is 5.75 Å². The van der Waals surface area contributed by atoms with E-state index in [1.165, 1.54) is 12.1 Å². The molecule has 1 atom stereocenters. The summed E-state index contributed by atoms with van der Waals surface area (Å²) in [5.41, 5.74) is 6.51. The van der Waals surface area contributed by atoms with Crippen molar-refractivity contribution in [3.05, 3.63) is 59.7 Å². The zero-order valence-corrected chi connectivity index (χ0v) is 13.1. The average molecular weight is 312 g/mol. The molecule has 0 saturated carbocycles. The first kappa shape index (κ1) is 16.5. The van der Waals surface area contributed by atoms with Gasteiger partial charge in [0.15, 0.2) is 0 Å². The highest BCUT2D eigenvalue weighted by Gasteiger charge is 2.24. The van der Waals surface area contributed by atoms with E-state index in [-0.39, 0.29) is 29.1 Å². The number of amides is 2. The molecular formula is C18H20N2O3. The van der Waals surface area contributed by atoms with Crippen molar-refractivity contribution in [3.63, 3.8) is 0 Å². The monoisotopic (exact) mass is 312 g/mol. The summed E-state index contributed by atoms with van der Waals surface area (Å²) in [5.74, 6) is -1.34. The Bertz CT molecular complexity index is 711. The number of hydrogen-bond donors (Lipinski definition) is 3. The van der Waals surface area contributed by atoms with Crippen molar-refractivity contribution in [2.75, 3.05) is 5.32 Å². The van der Waals surface area contributed by atoms with Crippen LogP contribution in [0.3, 0.4) is 0 Å². The lowest BCUT2D eigenvalue weighted by molar-refractivity contribution is -0.118. The number of nitrogens with two attached hydrogens (primary N) is 1. The minimum atomic E-state index is -0.718. The van der Waals surface area contributed by atoms with Gasteiger partial charge in [-0.25, -0.2) is 0 Å². The first-order valence-electron chi connectivity index (χ1n) is 7.38. The summed E-state index contributed by atoms with van der Waals surface area (Å²) in [4.78, 5) is 23.7. The van der Waals surface area contributed by atoms with Gasteiger partial charge >= 0.3 is 0 Å². The molecule has 0 aromatic heterocycles. The number of primary amides is 1. The van der Waals surface area contributed by atoms with Gasteiger partial charge in [-0.2, -0.15) is 0 Å². The Morgan fingerprint density at radius 1 is 1.09 bits per heavy atom. The van der Waals surface area contributed by atoms with E-state index in [4.69, 9.17) is 5.73 Å². The summed E-state index contributed by atoms with van der Waals surface area (Å²) >= 11 is 0. The number of benzene rings is 2. The molecule has 23 heavy (non-hydrogen) atoms. The second kappa shape index (κ2) is 6.96. The van der Waals surface area contributed by atoms with E-state index in [0.29, 0.717) is 5.69 Å². The molecule has 0 radical (unpaired) electrons. The molecule has 2 amide bonds. The van der Waals surface area contributed by atoms with Gasteiger partial charge in [0.2, 0.25) is 5.91 Å². The largest absolute Gasteiger partial charge is 0.507 e. The molecule has 1 unspecified atom stereocenters. The third kappa shape index (κ3) is 3.88. The molecule has 2 aromatic carbocycles. The summed E-state index contributed by atoms with van der Waals surface area (Å²) in [6.07, 6.45) is 0. The van der Waals surface area contributed by atoms with Crippen LogP contribution >= 0.6 is 0 Å². The van der Waals surface area contributed by atoms with E-state index in [9.17, 15) is 14.7 Å². The van der Waals surface area contributed by atoms with Crippen LogP contribution in [-0.2, 0) is 4.79 Å². The number of carbonyl (C=O) groups is 2. The quantitative estimate of drug-likeness (QED) is 0.792. The first-order chi connectivity index (χ1) is 10.9. The maximum atomic E-state index is 12.6. The third-order valence-corrected chi connectivity index (χ3v) is 3.64. The van der Waals surface area contributed by atoms with Gasteiger partial charge in [0.1, 0.15) is 5.75 Å². The number of nitrogens with one attached hydrogen (secondary N) is 1. The van der Waals surface area contributed by atoms with E-state index in [0.717, 1.165) is 5.56 Å². The van der Waals surface area contributed by atoms with Gasteiger partial charge in [0.25, 0.3) is 5.91 Å². The summed E-state index contributed by atoms with van der Waals surface area (Å²) < 4.78 is 0.